The Bertz CT molecular complexity index is 456. The number of aryl methyl sites for hydroxylation is 1. The van der Waals surface area contributed by atoms with E-state index in [-0.39, 0.29) is 0 Å². The smallest absolute Gasteiger partial charge is 0.195 e. The molecule has 0 saturated carbocycles. The van der Waals surface area contributed by atoms with Crippen molar-refractivity contribution in [2.45, 2.75) is 23.0 Å². The molecule has 0 atom stereocenters. The number of nitrogens with two attached hydrogens (primary N) is 1. The number of aromatic nitrogens is 4. The minimum absolute atomic E-state index is 0.422. The summed E-state index contributed by atoms with van der Waals surface area (Å²) in [5.41, 5.74) is 6.32. The standard InChI is InChI=1S/C8H9N5S2/c1-5-12-13-8(14-5)15-7-10-3-2-6(4-9)11-7/h2-3H,4,9H2,1H3. The highest BCUT2D eigenvalue weighted by Crippen LogP contribution is 2.26. The lowest BCUT2D eigenvalue weighted by Crippen LogP contribution is -2.00. The van der Waals surface area contributed by atoms with Crippen LogP contribution < -0.4 is 5.73 Å². The zero-order valence-electron chi connectivity index (χ0n) is 8.04. The number of hydrogen-bond acceptors (Lipinski definition) is 7. The van der Waals surface area contributed by atoms with Crippen molar-refractivity contribution in [1.82, 2.24) is 20.2 Å². The van der Waals surface area contributed by atoms with Crippen LogP contribution in [0.2, 0.25) is 0 Å². The topological polar surface area (TPSA) is 77.6 Å². The number of hydrogen-bond donors (Lipinski definition) is 1. The molecule has 0 unspecified atom stereocenters. The highest BCUT2D eigenvalue weighted by Gasteiger charge is 2.05. The van der Waals surface area contributed by atoms with Gasteiger partial charge in [-0.25, -0.2) is 9.97 Å². The molecule has 2 aromatic heterocycles. The van der Waals surface area contributed by atoms with E-state index in [1.54, 1.807) is 12.3 Å². The van der Waals surface area contributed by atoms with Crippen molar-refractivity contribution in [3.63, 3.8) is 0 Å². The van der Waals surface area contributed by atoms with Gasteiger partial charge in [0.2, 0.25) is 0 Å². The van der Waals surface area contributed by atoms with Crippen LogP contribution in [0.1, 0.15) is 10.7 Å². The second-order valence-corrected chi connectivity index (χ2v) is 5.12. The first-order chi connectivity index (χ1) is 7.28. The summed E-state index contributed by atoms with van der Waals surface area (Å²) in [7, 11) is 0. The van der Waals surface area contributed by atoms with E-state index in [4.69, 9.17) is 5.73 Å². The molecule has 0 fully saturated rings. The van der Waals surface area contributed by atoms with Crippen LogP contribution in [-0.4, -0.2) is 20.2 Å². The average molecular weight is 239 g/mol. The summed E-state index contributed by atoms with van der Waals surface area (Å²) in [6.07, 6.45) is 1.70. The van der Waals surface area contributed by atoms with Crippen LogP contribution in [0.5, 0.6) is 0 Å². The maximum Gasteiger partial charge on any atom is 0.195 e. The summed E-state index contributed by atoms with van der Waals surface area (Å²) in [6.45, 7) is 2.34. The van der Waals surface area contributed by atoms with Crippen LogP contribution in [0.4, 0.5) is 0 Å². The van der Waals surface area contributed by atoms with Gasteiger partial charge in [-0.3, -0.25) is 0 Å². The molecule has 5 nitrogen and oxygen atoms in total. The van der Waals surface area contributed by atoms with Gasteiger partial charge in [0.25, 0.3) is 0 Å². The highest BCUT2D eigenvalue weighted by atomic mass is 32.2. The molecular formula is C8H9N5S2. The predicted octanol–water partition coefficient (Wildman–Crippen LogP) is 1.25. The van der Waals surface area contributed by atoms with E-state index in [0.717, 1.165) is 15.0 Å². The molecule has 7 heteroatoms. The van der Waals surface area contributed by atoms with Gasteiger partial charge in [0.1, 0.15) is 5.01 Å². The van der Waals surface area contributed by atoms with Crippen LogP contribution >= 0.6 is 23.1 Å². The Morgan fingerprint density at radius 1 is 1.47 bits per heavy atom. The van der Waals surface area contributed by atoms with Gasteiger partial charge < -0.3 is 5.73 Å². The van der Waals surface area contributed by atoms with E-state index >= 15 is 0 Å². The van der Waals surface area contributed by atoms with E-state index in [2.05, 4.69) is 20.2 Å². The Balaban J connectivity index is 2.16. The molecule has 78 valence electrons. The van der Waals surface area contributed by atoms with Crippen LogP contribution in [0.3, 0.4) is 0 Å². The van der Waals surface area contributed by atoms with Crippen molar-refractivity contribution >= 4 is 23.1 Å². The summed E-state index contributed by atoms with van der Waals surface area (Å²) < 4.78 is 0.849. The van der Waals surface area contributed by atoms with Crippen molar-refractivity contribution < 1.29 is 0 Å². The molecule has 2 rings (SSSR count). The first-order valence-corrected chi connectivity index (χ1v) is 5.91. The Hall–Kier alpha value is -1.05. The fourth-order valence-electron chi connectivity index (χ4n) is 0.937. The minimum atomic E-state index is 0.422. The van der Waals surface area contributed by atoms with Gasteiger partial charge in [0, 0.05) is 12.7 Å². The molecule has 0 saturated heterocycles. The van der Waals surface area contributed by atoms with E-state index in [0.29, 0.717) is 11.7 Å². The molecule has 15 heavy (non-hydrogen) atoms. The molecule has 0 aliphatic rings. The molecule has 2 N–H and O–H groups in total. The molecule has 0 aliphatic heterocycles. The molecule has 0 spiro atoms. The second-order valence-electron chi connectivity index (χ2n) is 2.72. The maximum absolute atomic E-state index is 5.49. The van der Waals surface area contributed by atoms with Crippen LogP contribution in [0.25, 0.3) is 0 Å². The van der Waals surface area contributed by atoms with Gasteiger partial charge in [-0.1, -0.05) is 11.3 Å². The second kappa shape index (κ2) is 4.65. The summed E-state index contributed by atoms with van der Waals surface area (Å²) in [5, 5.41) is 9.51. The van der Waals surface area contributed by atoms with Crippen molar-refractivity contribution in [2.75, 3.05) is 0 Å². The van der Waals surface area contributed by atoms with Crippen LogP contribution in [0.15, 0.2) is 21.8 Å². The highest BCUT2D eigenvalue weighted by molar-refractivity contribution is 8.00. The van der Waals surface area contributed by atoms with Crippen molar-refractivity contribution in [2.24, 2.45) is 5.73 Å². The molecule has 2 heterocycles. The molecule has 0 amide bonds. The third kappa shape index (κ3) is 2.71. The Morgan fingerprint density at radius 3 is 3.00 bits per heavy atom. The SMILES string of the molecule is Cc1nnc(Sc2nccc(CN)n2)s1. The summed E-state index contributed by atoms with van der Waals surface area (Å²) in [5.74, 6) is 0. The predicted molar refractivity (Wildman–Crippen MR) is 58.7 cm³/mol. The van der Waals surface area contributed by atoms with Crippen LogP contribution in [0, 0.1) is 6.92 Å². The molecule has 2 aromatic rings. The zero-order valence-corrected chi connectivity index (χ0v) is 9.68. The monoisotopic (exact) mass is 239 g/mol. The molecule has 0 bridgehead atoms. The lowest BCUT2D eigenvalue weighted by atomic mass is 10.4. The summed E-state index contributed by atoms with van der Waals surface area (Å²) >= 11 is 2.93. The maximum atomic E-state index is 5.49. The Morgan fingerprint density at radius 2 is 2.33 bits per heavy atom. The first-order valence-electron chi connectivity index (χ1n) is 4.28. The van der Waals surface area contributed by atoms with Crippen molar-refractivity contribution in [1.29, 1.82) is 0 Å². The summed E-state index contributed by atoms with van der Waals surface area (Å²) in [6, 6.07) is 1.80. The van der Waals surface area contributed by atoms with Gasteiger partial charge in [0.15, 0.2) is 9.50 Å². The Labute approximate surface area is 95.2 Å². The minimum Gasteiger partial charge on any atom is -0.325 e. The van der Waals surface area contributed by atoms with Crippen LogP contribution in [-0.2, 0) is 6.54 Å². The molecule has 0 radical (unpaired) electrons. The third-order valence-electron chi connectivity index (χ3n) is 1.59. The Kier molecular flexibility index (Phi) is 3.24. The summed E-state index contributed by atoms with van der Waals surface area (Å²) in [4.78, 5) is 8.39. The lowest BCUT2D eigenvalue weighted by molar-refractivity contribution is 0.871. The quantitative estimate of drug-likeness (QED) is 0.812. The normalized spacial score (nSPS) is 10.5. The fourth-order valence-corrected chi connectivity index (χ4v) is 2.62. The number of rotatable bonds is 3. The van der Waals surface area contributed by atoms with E-state index in [1.165, 1.54) is 23.1 Å². The molecular weight excluding hydrogens is 230 g/mol. The molecule has 0 aliphatic carbocycles. The average Bonchev–Trinajstić information content (AvgIpc) is 2.64. The van der Waals surface area contributed by atoms with E-state index in [9.17, 15) is 0 Å². The van der Waals surface area contributed by atoms with Gasteiger partial charge in [-0.15, -0.1) is 10.2 Å². The van der Waals surface area contributed by atoms with Gasteiger partial charge in [-0.2, -0.15) is 0 Å². The lowest BCUT2D eigenvalue weighted by Gasteiger charge is -1.97. The van der Waals surface area contributed by atoms with Gasteiger partial charge in [-0.05, 0) is 24.8 Å². The third-order valence-corrected chi connectivity index (χ3v) is 3.36. The van der Waals surface area contributed by atoms with Crippen molar-refractivity contribution in [3.05, 3.63) is 23.0 Å². The number of nitrogens with zero attached hydrogens (tertiary/aromatic N) is 4. The van der Waals surface area contributed by atoms with Crippen molar-refractivity contribution in [3.8, 4) is 0 Å². The van der Waals surface area contributed by atoms with Gasteiger partial charge in [0.05, 0.1) is 5.69 Å². The first kappa shape index (κ1) is 10.5. The van der Waals surface area contributed by atoms with E-state index < -0.39 is 0 Å². The van der Waals surface area contributed by atoms with Gasteiger partial charge >= 0.3 is 0 Å². The van der Waals surface area contributed by atoms with E-state index in [1.807, 2.05) is 6.92 Å². The molecule has 0 aromatic carbocycles. The largest absolute Gasteiger partial charge is 0.325 e. The fraction of sp³-hybridized carbons (Fsp3) is 0.250. The zero-order chi connectivity index (χ0) is 10.7.